The Labute approximate surface area is 160 Å². The molecule has 0 aliphatic heterocycles. The number of rotatable bonds is 3. The Morgan fingerprint density at radius 2 is 1.89 bits per heavy atom. The molecule has 142 valence electrons. The number of carbonyl (C=O) groups is 1. The number of aliphatic hydroxyl groups is 1. The molecule has 0 heterocycles. The first-order chi connectivity index (χ1) is 12.7. The number of benzene rings is 2. The summed E-state index contributed by atoms with van der Waals surface area (Å²) < 4.78 is 5.04. The van der Waals surface area contributed by atoms with Crippen LogP contribution in [-0.2, 0) is 9.53 Å². The van der Waals surface area contributed by atoms with Crippen LogP contribution in [0.15, 0.2) is 47.5 Å². The van der Waals surface area contributed by atoms with Crippen LogP contribution in [0.4, 0.5) is 0 Å². The minimum atomic E-state index is -0.985. The first kappa shape index (κ1) is 18.2. The molecule has 0 radical (unpaired) electrons. The van der Waals surface area contributed by atoms with E-state index in [1.54, 1.807) is 0 Å². The van der Waals surface area contributed by atoms with Crippen molar-refractivity contribution in [2.75, 3.05) is 7.11 Å². The van der Waals surface area contributed by atoms with Crippen molar-refractivity contribution in [2.45, 2.75) is 45.3 Å². The van der Waals surface area contributed by atoms with Gasteiger partial charge in [-0.3, -0.25) is 4.99 Å². The van der Waals surface area contributed by atoms with Gasteiger partial charge in [-0.15, -0.1) is 0 Å². The summed E-state index contributed by atoms with van der Waals surface area (Å²) in [4.78, 5) is 17.3. The number of hydrogen-bond donors (Lipinski definition) is 1. The van der Waals surface area contributed by atoms with Crippen molar-refractivity contribution in [1.29, 1.82) is 0 Å². The van der Waals surface area contributed by atoms with Crippen LogP contribution in [0, 0.1) is 17.3 Å². The Hall–Kier alpha value is -2.20. The van der Waals surface area contributed by atoms with Gasteiger partial charge in [-0.1, -0.05) is 50.2 Å². The molecular weight excluding hydrogens is 338 g/mol. The SMILES string of the molecule is COC(=O)[C@H](N=C1C[C@@H]2C[C@@H](C2(C)C)[C@]1(C)O)c1ccc2ccccc2c1. The maximum absolute atomic E-state index is 12.5. The Kier molecular flexibility index (Phi) is 4.15. The Balaban J connectivity index is 1.75. The Bertz CT molecular complexity index is 928. The molecule has 0 spiro atoms. The lowest BCUT2D eigenvalue weighted by Crippen LogP contribution is -2.64. The lowest BCUT2D eigenvalue weighted by Gasteiger charge is -2.62. The van der Waals surface area contributed by atoms with Crippen LogP contribution in [0.3, 0.4) is 0 Å². The van der Waals surface area contributed by atoms with E-state index in [2.05, 4.69) is 13.8 Å². The fourth-order valence-electron chi connectivity index (χ4n) is 5.05. The van der Waals surface area contributed by atoms with E-state index < -0.39 is 17.6 Å². The van der Waals surface area contributed by atoms with Gasteiger partial charge in [0.15, 0.2) is 6.04 Å². The van der Waals surface area contributed by atoms with Crippen LogP contribution in [0.1, 0.15) is 45.2 Å². The molecule has 0 aromatic heterocycles. The van der Waals surface area contributed by atoms with Crippen molar-refractivity contribution in [3.63, 3.8) is 0 Å². The van der Waals surface area contributed by atoms with Crippen LogP contribution in [0.25, 0.3) is 10.8 Å². The van der Waals surface area contributed by atoms with E-state index in [0.29, 0.717) is 5.92 Å². The summed E-state index contributed by atoms with van der Waals surface area (Å²) >= 11 is 0. The van der Waals surface area contributed by atoms with Crippen molar-refractivity contribution < 1.29 is 14.6 Å². The molecule has 3 aliphatic rings. The highest BCUT2D eigenvalue weighted by molar-refractivity contribution is 5.97. The van der Waals surface area contributed by atoms with E-state index in [0.717, 1.165) is 34.9 Å². The van der Waals surface area contributed by atoms with E-state index in [1.807, 2.05) is 49.4 Å². The van der Waals surface area contributed by atoms with Gasteiger partial charge in [0.05, 0.1) is 7.11 Å². The molecule has 5 rings (SSSR count). The second kappa shape index (κ2) is 6.16. The Morgan fingerprint density at radius 1 is 1.19 bits per heavy atom. The zero-order valence-corrected chi connectivity index (χ0v) is 16.4. The number of carbonyl (C=O) groups excluding carboxylic acids is 1. The molecule has 3 saturated carbocycles. The van der Waals surface area contributed by atoms with Crippen molar-refractivity contribution in [3.8, 4) is 0 Å². The van der Waals surface area contributed by atoms with Crippen LogP contribution in [0.2, 0.25) is 0 Å². The molecule has 4 atom stereocenters. The van der Waals surface area contributed by atoms with Crippen LogP contribution in [-0.4, -0.2) is 29.5 Å². The zero-order valence-electron chi connectivity index (χ0n) is 16.4. The number of hydrogen-bond acceptors (Lipinski definition) is 4. The number of ether oxygens (including phenoxy) is 1. The molecule has 3 aliphatic carbocycles. The zero-order chi connectivity index (χ0) is 19.4. The molecule has 27 heavy (non-hydrogen) atoms. The average Bonchev–Trinajstić information content (AvgIpc) is 2.65. The van der Waals surface area contributed by atoms with E-state index >= 15 is 0 Å². The van der Waals surface area contributed by atoms with Gasteiger partial charge in [-0.25, -0.2) is 4.79 Å². The average molecular weight is 365 g/mol. The third-order valence-electron chi connectivity index (χ3n) is 6.97. The molecule has 4 nitrogen and oxygen atoms in total. The summed E-state index contributed by atoms with van der Waals surface area (Å²) in [6.07, 6.45) is 1.76. The maximum Gasteiger partial charge on any atom is 0.335 e. The highest BCUT2D eigenvalue weighted by Crippen LogP contribution is 2.61. The van der Waals surface area contributed by atoms with Gasteiger partial charge in [0.1, 0.15) is 5.60 Å². The third kappa shape index (κ3) is 2.78. The molecule has 2 aromatic carbocycles. The number of methoxy groups -OCH3 is 1. The van der Waals surface area contributed by atoms with Crippen LogP contribution < -0.4 is 0 Å². The number of esters is 1. The summed E-state index contributed by atoms with van der Waals surface area (Å²) in [6.45, 7) is 6.29. The lowest BCUT2D eigenvalue weighted by molar-refractivity contribution is -0.142. The fraction of sp³-hybridized carbons (Fsp3) is 0.478. The van der Waals surface area contributed by atoms with Gasteiger partial charge >= 0.3 is 5.97 Å². The summed E-state index contributed by atoms with van der Waals surface area (Å²) in [6, 6.07) is 13.2. The maximum atomic E-state index is 12.5. The molecule has 2 bridgehead atoms. The van der Waals surface area contributed by atoms with E-state index in [4.69, 9.17) is 9.73 Å². The highest BCUT2D eigenvalue weighted by Gasteiger charge is 2.61. The number of aliphatic imine (C=N–C) groups is 1. The highest BCUT2D eigenvalue weighted by atomic mass is 16.5. The smallest absolute Gasteiger partial charge is 0.335 e. The predicted octanol–water partition coefficient (Wildman–Crippen LogP) is 4.31. The van der Waals surface area contributed by atoms with Gasteiger partial charge < -0.3 is 9.84 Å². The topological polar surface area (TPSA) is 58.9 Å². The summed E-state index contributed by atoms with van der Waals surface area (Å²) in [5, 5.41) is 13.4. The van der Waals surface area contributed by atoms with E-state index in [9.17, 15) is 9.90 Å². The second-order valence-corrected chi connectivity index (χ2v) is 8.77. The minimum absolute atomic E-state index is 0.117. The van der Waals surface area contributed by atoms with Crippen molar-refractivity contribution in [3.05, 3.63) is 48.0 Å². The van der Waals surface area contributed by atoms with Crippen LogP contribution >= 0.6 is 0 Å². The molecule has 4 heteroatoms. The summed E-state index contributed by atoms with van der Waals surface area (Å²) in [7, 11) is 1.39. The van der Waals surface area contributed by atoms with Gasteiger partial charge in [-0.2, -0.15) is 0 Å². The minimum Gasteiger partial charge on any atom is -0.467 e. The van der Waals surface area contributed by atoms with Crippen molar-refractivity contribution in [2.24, 2.45) is 22.2 Å². The summed E-state index contributed by atoms with van der Waals surface area (Å²) in [5.41, 5.74) is 0.655. The van der Waals surface area contributed by atoms with Crippen LogP contribution in [0.5, 0.6) is 0 Å². The number of nitrogens with zero attached hydrogens (tertiary/aromatic N) is 1. The van der Waals surface area contributed by atoms with Crippen molar-refractivity contribution in [1.82, 2.24) is 0 Å². The quantitative estimate of drug-likeness (QED) is 0.825. The second-order valence-electron chi connectivity index (χ2n) is 8.77. The van der Waals surface area contributed by atoms with Gasteiger partial charge in [0.25, 0.3) is 0 Å². The molecule has 1 N–H and O–H groups in total. The van der Waals surface area contributed by atoms with Crippen molar-refractivity contribution >= 4 is 22.5 Å². The largest absolute Gasteiger partial charge is 0.467 e. The Morgan fingerprint density at radius 3 is 2.52 bits per heavy atom. The fourth-order valence-corrected chi connectivity index (χ4v) is 5.05. The third-order valence-corrected chi connectivity index (χ3v) is 6.97. The molecule has 3 fully saturated rings. The van der Waals surface area contributed by atoms with E-state index in [1.165, 1.54) is 7.11 Å². The molecule has 0 amide bonds. The normalized spacial score (nSPS) is 31.4. The molecule has 0 saturated heterocycles. The monoisotopic (exact) mass is 365 g/mol. The number of fused-ring (bicyclic) bond motifs is 3. The van der Waals surface area contributed by atoms with Gasteiger partial charge in [0, 0.05) is 5.71 Å². The molecule has 2 aromatic rings. The van der Waals surface area contributed by atoms with E-state index in [-0.39, 0.29) is 11.3 Å². The van der Waals surface area contributed by atoms with Gasteiger partial charge in [0.2, 0.25) is 0 Å². The first-order valence-electron chi connectivity index (χ1n) is 9.61. The molecular formula is C23H27NO3. The lowest BCUT2D eigenvalue weighted by atomic mass is 9.44. The van der Waals surface area contributed by atoms with Gasteiger partial charge in [-0.05, 0) is 59.4 Å². The summed E-state index contributed by atoms with van der Waals surface area (Å²) in [5.74, 6) is 0.292. The molecule has 0 unspecified atom stereocenters. The predicted molar refractivity (Wildman–Crippen MR) is 107 cm³/mol. The standard InChI is InChI=1S/C23H27NO3/c1-22(2)17-12-18(22)23(3,26)19(13-17)24-20(21(25)27-4)16-10-9-14-7-5-6-8-15(14)11-16/h5-11,17-18,20,26H,12-13H2,1-4H3/t17-,18-,20+,23-/m0/s1. The first-order valence-corrected chi connectivity index (χ1v) is 9.61.